The molecule has 5 rings (SSSR count). The van der Waals surface area contributed by atoms with Crippen LogP contribution in [0.3, 0.4) is 0 Å². The number of hydrogen-bond acceptors (Lipinski definition) is 7. The van der Waals surface area contributed by atoms with Crippen LogP contribution in [-0.4, -0.2) is 50.9 Å². The van der Waals surface area contributed by atoms with Gasteiger partial charge in [0.25, 0.3) is 11.8 Å². The first-order chi connectivity index (χ1) is 16.0. The Hall–Kier alpha value is -3.24. The zero-order chi connectivity index (χ0) is 22.9. The number of amides is 2. The molecular weight excluding hydrogens is 463 g/mol. The lowest BCUT2D eigenvalue weighted by atomic mass is 10.1. The predicted octanol–water partition coefficient (Wildman–Crippen LogP) is 4.34. The Balaban J connectivity index is 1.33. The highest BCUT2D eigenvalue weighted by atomic mass is 32.2. The summed E-state index contributed by atoms with van der Waals surface area (Å²) >= 11 is 3.03. The van der Waals surface area contributed by atoms with Gasteiger partial charge in [0.1, 0.15) is 17.0 Å². The molecule has 1 fully saturated rings. The fraction of sp³-hybridized carbons (Fsp3) is 0.217. The molecule has 1 aliphatic rings. The molecule has 0 spiro atoms. The number of hydrogen-bond donors (Lipinski definition) is 1. The molecule has 1 aliphatic heterocycles. The molecule has 1 saturated heterocycles. The van der Waals surface area contributed by atoms with E-state index in [0.29, 0.717) is 45.4 Å². The van der Waals surface area contributed by atoms with E-state index in [9.17, 15) is 14.0 Å². The van der Waals surface area contributed by atoms with Crippen molar-refractivity contribution in [1.82, 2.24) is 20.2 Å². The number of carbonyl (C=O) groups is 2. The van der Waals surface area contributed by atoms with Crippen LogP contribution in [0.25, 0.3) is 21.5 Å². The number of aromatic nitrogens is 2. The zero-order valence-electron chi connectivity index (χ0n) is 17.6. The summed E-state index contributed by atoms with van der Waals surface area (Å²) in [5.74, 6) is 0.406. The van der Waals surface area contributed by atoms with Gasteiger partial charge in [-0.15, -0.1) is 23.1 Å². The number of aryl methyl sites for hydroxylation is 1. The number of rotatable bonds is 5. The van der Waals surface area contributed by atoms with Crippen LogP contribution < -0.4 is 5.32 Å². The Bertz CT molecular complexity index is 1340. The van der Waals surface area contributed by atoms with E-state index in [0.717, 1.165) is 10.6 Å². The molecule has 0 saturated carbocycles. The van der Waals surface area contributed by atoms with Gasteiger partial charge in [-0.2, -0.15) is 0 Å². The quantitative estimate of drug-likeness (QED) is 0.455. The number of oxazole rings is 1. The highest BCUT2D eigenvalue weighted by Crippen LogP contribution is 2.33. The molecule has 2 aromatic heterocycles. The molecule has 4 aromatic rings. The van der Waals surface area contributed by atoms with Crippen LogP contribution >= 0.6 is 23.1 Å². The summed E-state index contributed by atoms with van der Waals surface area (Å²) in [5.41, 5.74) is 2.56. The molecule has 1 atom stereocenters. The van der Waals surface area contributed by atoms with Crippen molar-refractivity contribution >= 4 is 46.0 Å². The minimum Gasteiger partial charge on any atom is -0.443 e. The van der Waals surface area contributed by atoms with Crippen LogP contribution in [0.15, 0.2) is 53.3 Å². The maximum Gasteiger partial charge on any atom is 0.275 e. The van der Waals surface area contributed by atoms with Gasteiger partial charge in [0.15, 0.2) is 12.0 Å². The number of thiazole rings is 1. The SMILES string of the molecule is Cc1nc(C(=O)N2CSC[C@H]2CNC(=O)c2cccc3ncoc23)c(-c2ccc(F)cc2)s1. The molecular formula is C23H19FN4O3S2. The van der Waals surface area contributed by atoms with Crippen molar-refractivity contribution in [2.75, 3.05) is 18.2 Å². The van der Waals surface area contributed by atoms with Crippen molar-refractivity contribution in [3.63, 3.8) is 0 Å². The summed E-state index contributed by atoms with van der Waals surface area (Å²) in [4.78, 5) is 37.2. The number of carbonyl (C=O) groups excluding carboxylic acids is 2. The fourth-order valence-electron chi connectivity index (χ4n) is 3.75. The Morgan fingerprint density at radius 3 is 2.88 bits per heavy atom. The Labute approximate surface area is 197 Å². The van der Waals surface area contributed by atoms with Crippen LogP contribution in [0.2, 0.25) is 0 Å². The Morgan fingerprint density at radius 1 is 1.24 bits per heavy atom. The van der Waals surface area contributed by atoms with E-state index in [1.807, 2.05) is 6.92 Å². The van der Waals surface area contributed by atoms with E-state index in [4.69, 9.17) is 4.42 Å². The third kappa shape index (κ3) is 4.23. The molecule has 0 unspecified atom stereocenters. The summed E-state index contributed by atoms with van der Waals surface area (Å²) < 4.78 is 18.7. The average molecular weight is 483 g/mol. The normalized spacial score (nSPS) is 15.8. The smallest absolute Gasteiger partial charge is 0.275 e. The monoisotopic (exact) mass is 482 g/mol. The van der Waals surface area contributed by atoms with Crippen LogP contribution in [-0.2, 0) is 0 Å². The standard InChI is InChI=1S/C23H19FN4O3S2/c1-13-27-19(21(33-13)14-5-7-15(24)8-6-14)23(30)28-12-32-10-16(28)9-25-22(29)17-3-2-4-18-20(17)31-11-26-18/h2-8,11,16H,9-10,12H2,1H3,(H,25,29)/t16-/m1/s1. The number of nitrogens with zero attached hydrogens (tertiary/aromatic N) is 3. The van der Waals surface area contributed by atoms with Crippen LogP contribution in [0.1, 0.15) is 25.9 Å². The van der Waals surface area contributed by atoms with Crippen LogP contribution in [0.4, 0.5) is 4.39 Å². The molecule has 10 heteroatoms. The minimum absolute atomic E-state index is 0.177. The van der Waals surface area contributed by atoms with Gasteiger partial charge in [0, 0.05) is 12.3 Å². The van der Waals surface area contributed by atoms with Gasteiger partial charge in [0.05, 0.1) is 27.4 Å². The summed E-state index contributed by atoms with van der Waals surface area (Å²) in [6, 6.07) is 11.1. The molecule has 33 heavy (non-hydrogen) atoms. The number of para-hydroxylation sites is 1. The number of halogens is 1. The molecule has 2 amide bonds. The lowest BCUT2D eigenvalue weighted by Crippen LogP contribution is -2.44. The molecule has 0 radical (unpaired) electrons. The van der Waals surface area contributed by atoms with Crippen molar-refractivity contribution in [2.24, 2.45) is 0 Å². The van der Waals surface area contributed by atoms with Gasteiger partial charge in [-0.05, 0) is 36.8 Å². The van der Waals surface area contributed by atoms with Gasteiger partial charge in [-0.25, -0.2) is 14.4 Å². The molecule has 3 heterocycles. The third-order valence-electron chi connectivity index (χ3n) is 5.38. The summed E-state index contributed by atoms with van der Waals surface area (Å²) in [6.45, 7) is 2.14. The molecule has 1 N–H and O–H groups in total. The number of benzene rings is 2. The zero-order valence-corrected chi connectivity index (χ0v) is 19.2. The van der Waals surface area contributed by atoms with Crippen molar-refractivity contribution in [1.29, 1.82) is 0 Å². The predicted molar refractivity (Wildman–Crippen MR) is 126 cm³/mol. The highest BCUT2D eigenvalue weighted by Gasteiger charge is 2.33. The molecule has 0 aliphatic carbocycles. The second-order valence-electron chi connectivity index (χ2n) is 7.56. The van der Waals surface area contributed by atoms with E-state index in [2.05, 4.69) is 15.3 Å². The highest BCUT2D eigenvalue weighted by molar-refractivity contribution is 7.99. The maximum atomic E-state index is 13.4. The van der Waals surface area contributed by atoms with E-state index in [1.54, 1.807) is 47.0 Å². The maximum absolute atomic E-state index is 13.4. The summed E-state index contributed by atoms with van der Waals surface area (Å²) in [6.07, 6.45) is 1.31. The lowest BCUT2D eigenvalue weighted by molar-refractivity contribution is 0.0732. The molecule has 168 valence electrons. The summed E-state index contributed by atoms with van der Waals surface area (Å²) in [7, 11) is 0. The van der Waals surface area contributed by atoms with E-state index < -0.39 is 0 Å². The number of nitrogens with one attached hydrogen (secondary N) is 1. The van der Waals surface area contributed by atoms with Gasteiger partial charge in [0.2, 0.25) is 0 Å². The van der Waals surface area contributed by atoms with E-state index >= 15 is 0 Å². The Morgan fingerprint density at radius 2 is 2.06 bits per heavy atom. The Kier molecular flexibility index (Phi) is 5.86. The summed E-state index contributed by atoms with van der Waals surface area (Å²) in [5, 5.41) is 3.68. The van der Waals surface area contributed by atoms with Crippen molar-refractivity contribution in [3.8, 4) is 10.4 Å². The van der Waals surface area contributed by atoms with E-state index in [-0.39, 0.29) is 23.7 Å². The first-order valence-corrected chi connectivity index (χ1v) is 12.2. The molecule has 0 bridgehead atoms. The minimum atomic E-state index is -0.333. The molecule has 7 nitrogen and oxygen atoms in total. The number of thioether (sulfide) groups is 1. The van der Waals surface area contributed by atoms with Crippen molar-refractivity contribution < 1.29 is 18.4 Å². The van der Waals surface area contributed by atoms with Gasteiger partial charge < -0.3 is 14.6 Å². The van der Waals surface area contributed by atoms with Crippen molar-refractivity contribution in [3.05, 3.63) is 70.9 Å². The third-order valence-corrected chi connectivity index (χ3v) is 7.49. The van der Waals surface area contributed by atoms with Crippen molar-refractivity contribution in [2.45, 2.75) is 13.0 Å². The largest absolute Gasteiger partial charge is 0.443 e. The van der Waals surface area contributed by atoms with Crippen LogP contribution in [0.5, 0.6) is 0 Å². The molecule has 2 aromatic carbocycles. The van der Waals surface area contributed by atoms with Gasteiger partial charge >= 0.3 is 0 Å². The van der Waals surface area contributed by atoms with Gasteiger partial charge in [-0.3, -0.25) is 9.59 Å². The lowest BCUT2D eigenvalue weighted by Gasteiger charge is -2.23. The van der Waals surface area contributed by atoms with Crippen LogP contribution in [0, 0.1) is 12.7 Å². The second kappa shape index (κ2) is 8.95. The number of fused-ring (bicyclic) bond motifs is 1. The first kappa shape index (κ1) is 21.6. The second-order valence-corrected chi connectivity index (χ2v) is 9.77. The first-order valence-electron chi connectivity index (χ1n) is 10.2. The fourth-order valence-corrected chi connectivity index (χ4v) is 5.87. The van der Waals surface area contributed by atoms with Gasteiger partial charge in [-0.1, -0.05) is 18.2 Å². The average Bonchev–Trinajstić information content (AvgIpc) is 3.56. The van der Waals surface area contributed by atoms with E-state index in [1.165, 1.54) is 29.9 Å². The topological polar surface area (TPSA) is 88.3 Å².